The quantitative estimate of drug-likeness (QED) is 0.696. The summed E-state index contributed by atoms with van der Waals surface area (Å²) >= 11 is 0. The Hall–Kier alpha value is -1.09. The number of ketones is 1. The van der Waals surface area contributed by atoms with E-state index in [0.717, 1.165) is 5.56 Å². The largest absolute Gasteiger partial charge is 0.472 e. The van der Waals surface area contributed by atoms with E-state index in [-0.39, 0.29) is 11.8 Å². The van der Waals surface area contributed by atoms with Gasteiger partial charge in [0, 0.05) is 6.42 Å². The molecule has 3 nitrogen and oxygen atoms in total. The molecule has 0 bridgehead atoms. The summed E-state index contributed by atoms with van der Waals surface area (Å²) in [5.74, 6) is 0.0337. The highest BCUT2D eigenvalue weighted by atomic mass is 16.3. The summed E-state index contributed by atoms with van der Waals surface area (Å²) in [6.07, 6.45) is 3.47. The maximum Gasteiger partial charge on any atom is 0.153 e. The van der Waals surface area contributed by atoms with E-state index in [1.54, 1.807) is 25.5 Å². The van der Waals surface area contributed by atoms with Crippen molar-refractivity contribution >= 4 is 5.78 Å². The second-order valence-corrected chi connectivity index (χ2v) is 2.56. The van der Waals surface area contributed by atoms with Crippen molar-refractivity contribution in [3.63, 3.8) is 0 Å². The lowest BCUT2D eigenvalue weighted by Gasteiger charge is -2.00. The Morgan fingerprint density at radius 2 is 2.55 bits per heavy atom. The van der Waals surface area contributed by atoms with Crippen LogP contribution in [-0.2, 0) is 11.2 Å². The van der Waals surface area contributed by atoms with E-state index < -0.39 is 0 Å². The minimum Gasteiger partial charge on any atom is -0.472 e. The van der Waals surface area contributed by atoms with Crippen LogP contribution < -0.4 is 5.73 Å². The van der Waals surface area contributed by atoms with Crippen molar-refractivity contribution in [2.24, 2.45) is 5.73 Å². The minimum absolute atomic E-state index is 0.0337. The fraction of sp³-hybridized carbons (Fsp3) is 0.375. The molecule has 1 atom stereocenters. The molecule has 0 radical (unpaired) electrons. The molecule has 0 spiro atoms. The number of carbonyl (C=O) groups excluding carboxylic acids is 1. The Labute approximate surface area is 65.2 Å². The van der Waals surface area contributed by atoms with Crippen LogP contribution in [0.2, 0.25) is 0 Å². The van der Waals surface area contributed by atoms with Crippen LogP contribution in [0, 0.1) is 0 Å². The molecular weight excluding hydrogens is 142 g/mol. The molecule has 60 valence electrons. The van der Waals surface area contributed by atoms with Gasteiger partial charge in [0.05, 0.1) is 18.6 Å². The first-order valence-corrected chi connectivity index (χ1v) is 3.49. The van der Waals surface area contributed by atoms with Gasteiger partial charge in [-0.1, -0.05) is 0 Å². The molecule has 0 saturated heterocycles. The average molecular weight is 153 g/mol. The summed E-state index contributed by atoms with van der Waals surface area (Å²) < 4.78 is 4.80. The van der Waals surface area contributed by atoms with Crippen molar-refractivity contribution in [3.05, 3.63) is 24.2 Å². The Morgan fingerprint density at radius 1 is 1.82 bits per heavy atom. The summed E-state index contributed by atoms with van der Waals surface area (Å²) in [6.45, 7) is 1.68. The van der Waals surface area contributed by atoms with Crippen LogP contribution in [-0.4, -0.2) is 11.8 Å². The van der Waals surface area contributed by atoms with Crippen molar-refractivity contribution in [2.45, 2.75) is 19.4 Å². The molecule has 0 aliphatic heterocycles. The molecule has 3 heteroatoms. The smallest absolute Gasteiger partial charge is 0.153 e. The molecule has 1 rings (SSSR count). The van der Waals surface area contributed by atoms with Gasteiger partial charge in [-0.25, -0.2) is 0 Å². The molecular formula is C8H11NO2. The monoisotopic (exact) mass is 153 g/mol. The zero-order chi connectivity index (χ0) is 8.27. The number of furan rings is 1. The third-order valence-corrected chi connectivity index (χ3v) is 1.47. The lowest BCUT2D eigenvalue weighted by molar-refractivity contribution is -0.119. The predicted molar refractivity (Wildman–Crippen MR) is 41.1 cm³/mol. The number of hydrogen-bond acceptors (Lipinski definition) is 3. The van der Waals surface area contributed by atoms with Gasteiger partial charge in [-0.3, -0.25) is 4.79 Å². The van der Waals surface area contributed by atoms with Crippen LogP contribution in [0.3, 0.4) is 0 Å². The van der Waals surface area contributed by atoms with E-state index in [2.05, 4.69) is 0 Å². The first-order chi connectivity index (χ1) is 5.20. The van der Waals surface area contributed by atoms with Gasteiger partial charge >= 0.3 is 0 Å². The summed E-state index contributed by atoms with van der Waals surface area (Å²) in [5.41, 5.74) is 6.25. The van der Waals surface area contributed by atoms with E-state index in [1.165, 1.54) is 0 Å². The second-order valence-electron chi connectivity index (χ2n) is 2.56. The SMILES string of the molecule is CC(N)C(=O)Cc1ccoc1. The molecule has 11 heavy (non-hydrogen) atoms. The first kappa shape index (κ1) is 8.01. The molecule has 1 unspecified atom stereocenters. The van der Waals surface area contributed by atoms with Crippen LogP contribution in [0.4, 0.5) is 0 Å². The Morgan fingerprint density at radius 3 is 3.00 bits per heavy atom. The van der Waals surface area contributed by atoms with Gasteiger partial charge in [-0.05, 0) is 18.6 Å². The highest BCUT2D eigenvalue weighted by Gasteiger charge is 2.08. The van der Waals surface area contributed by atoms with E-state index in [0.29, 0.717) is 6.42 Å². The number of Topliss-reactive ketones (excluding diaryl/α,β-unsaturated/α-hetero) is 1. The summed E-state index contributed by atoms with van der Waals surface area (Å²) in [5, 5.41) is 0. The molecule has 0 aliphatic rings. The zero-order valence-corrected chi connectivity index (χ0v) is 6.41. The number of carbonyl (C=O) groups is 1. The molecule has 0 amide bonds. The fourth-order valence-corrected chi connectivity index (χ4v) is 0.755. The molecule has 1 aromatic heterocycles. The van der Waals surface area contributed by atoms with E-state index in [1.807, 2.05) is 0 Å². The number of nitrogens with two attached hydrogens (primary N) is 1. The predicted octanol–water partition coefficient (Wildman–Crippen LogP) is 0.738. The summed E-state index contributed by atoms with van der Waals surface area (Å²) in [4.78, 5) is 11.0. The molecule has 0 saturated carbocycles. The molecule has 1 aromatic rings. The zero-order valence-electron chi connectivity index (χ0n) is 6.41. The third-order valence-electron chi connectivity index (χ3n) is 1.47. The first-order valence-electron chi connectivity index (χ1n) is 3.49. The van der Waals surface area contributed by atoms with Gasteiger partial charge in [0.15, 0.2) is 5.78 Å². The van der Waals surface area contributed by atoms with E-state index in [9.17, 15) is 4.79 Å². The fourth-order valence-electron chi connectivity index (χ4n) is 0.755. The molecule has 2 N–H and O–H groups in total. The van der Waals surface area contributed by atoms with Gasteiger partial charge < -0.3 is 10.2 Å². The Kier molecular flexibility index (Phi) is 2.44. The van der Waals surface area contributed by atoms with Crippen molar-refractivity contribution in [3.8, 4) is 0 Å². The normalized spacial score (nSPS) is 12.9. The van der Waals surface area contributed by atoms with Gasteiger partial charge in [-0.15, -0.1) is 0 Å². The maximum absolute atomic E-state index is 11.0. The standard InChI is InChI=1S/C8H11NO2/c1-6(9)8(10)4-7-2-3-11-5-7/h2-3,5-6H,4,9H2,1H3. The van der Waals surface area contributed by atoms with Crippen molar-refractivity contribution in [1.29, 1.82) is 0 Å². The maximum atomic E-state index is 11.0. The van der Waals surface area contributed by atoms with Gasteiger partial charge in [0.25, 0.3) is 0 Å². The van der Waals surface area contributed by atoms with Gasteiger partial charge in [0.2, 0.25) is 0 Å². The summed E-state index contributed by atoms with van der Waals surface area (Å²) in [6, 6.07) is 1.38. The molecule has 0 aliphatic carbocycles. The highest BCUT2D eigenvalue weighted by Crippen LogP contribution is 2.02. The van der Waals surface area contributed by atoms with Crippen molar-refractivity contribution in [2.75, 3.05) is 0 Å². The van der Waals surface area contributed by atoms with E-state index in [4.69, 9.17) is 10.2 Å². The lowest BCUT2D eigenvalue weighted by Crippen LogP contribution is -2.27. The van der Waals surface area contributed by atoms with E-state index >= 15 is 0 Å². The molecule has 1 heterocycles. The van der Waals surface area contributed by atoms with Crippen LogP contribution >= 0.6 is 0 Å². The number of rotatable bonds is 3. The third kappa shape index (κ3) is 2.20. The van der Waals surface area contributed by atoms with Gasteiger partial charge in [-0.2, -0.15) is 0 Å². The average Bonchev–Trinajstić information content (AvgIpc) is 2.39. The highest BCUT2D eigenvalue weighted by molar-refractivity contribution is 5.85. The van der Waals surface area contributed by atoms with Crippen molar-refractivity contribution < 1.29 is 9.21 Å². The van der Waals surface area contributed by atoms with Crippen molar-refractivity contribution in [1.82, 2.24) is 0 Å². The lowest BCUT2D eigenvalue weighted by atomic mass is 10.1. The molecule has 0 fully saturated rings. The van der Waals surface area contributed by atoms with Crippen LogP contribution in [0.1, 0.15) is 12.5 Å². The Bertz CT molecular complexity index is 226. The summed E-state index contributed by atoms with van der Waals surface area (Å²) in [7, 11) is 0. The minimum atomic E-state index is -0.384. The topological polar surface area (TPSA) is 56.2 Å². The van der Waals surface area contributed by atoms with Gasteiger partial charge in [0.1, 0.15) is 0 Å². The Balaban J connectivity index is 2.50. The molecule has 0 aromatic carbocycles. The van der Waals surface area contributed by atoms with Crippen LogP contribution in [0.15, 0.2) is 23.0 Å². The second kappa shape index (κ2) is 3.34. The van der Waals surface area contributed by atoms with Crippen LogP contribution in [0.25, 0.3) is 0 Å². The van der Waals surface area contributed by atoms with Crippen LogP contribution in [0.5, 0.6) is 0 Å². The number of hydrogen-bond donors (Lipinski definition) is 1.